The first-order chi connectivity index (χ1) is 27.2. The van der Waals surface area contributed by atoms with Crippen LogP contribution < -0.4 is 4.74 Å². The molecule has 8 heteroatoms. The largest absolute Gasteiger partial charge is 0.427 e. The second-order valence-corrected chi connectivity index (χ2v) is 13.7. The summed E-state index contributed by atoms with van der Waals surface area (Å²) in [4.78, 5) is 81.8. The number of benzene rings is 5. The van der Waals surface area contributed by atoms with Crippen molar-refractivity contribution in [2.75, 3.05) is 0 Å². The molecule has 0 heterocycles. The molecule has 1 atom stereocenters. The summed E-state index contributed by atoms with van der Waals surface area (Å²) in [6, 6.07) is 37.0. The van der Waals surface area contributed by atoms with Gasteiger partial charge in [-0.25, -0.2) is 9.59 Å². The Bertz CT molecular complexity index is 2620. The maximum atomic E-state index is 13.7. The maximum Gasteiger partial charge on any atom is 0.348 e. The Morgan fingerprint density at radius 3 is 1.41 bits per heavy atom. The van der Waals surface area contributed by atoms with Crippen LogP contribution in [0.1, 0.15) is 71.5 Å². The number of ketones is 4. The third-order valence-electron chi connectivity index (χ3n) is 10.2. The topological polar surface area (TPSA) is 121 Å². The molecule has 8 nitrogen and oxygen atoms in total. The molecule has 0 radical (unpaired) electrons. The highest BCUT2D eigenvalue weighted by Crippen LogP contribution is 2.36. The molecule has 272 valence electrons. The summed E-state index contributed by atoms with van der Waals surface area (Å²) < 4.78 is 11.5. The number of hydrogen-bond acceptors (Lipinski definition) is 8. The van der Waals surface area contributed by atoms with Crippen LogP contribution >= 0.6 is 0 Å². The van der Waals surface area contributed by atoms with Gasteiger partial charge in [-0.1, -0.05) is 140 Å². The Hall–Kier alpha value is -7.32. The Kier molecular flexibility index (Phi) is 9.46. The average Bonchev–Trinajstić information content (AvgIpc) is 3.22. The first-order valence-corrected chi connectivity index (χ1v) is 18.1. The van der Waals surface area contributed by atoms with E-state index in [0.29, 0.717) is 29.7 Å². The summed E-state index contributed by atoms with van der Waals surface area (Å²) in [5.41, 5.74) is 3.09. The van der Waals surface area contributed by atoms with Crippen molar-refractivity contribution in [3.63, 3.8) is 0 Å². The minimum Gasteiger partial charge on any atom is -0.427 e. The van der Waals surface area contributed by atoms with Crippen molar-refractivity contribution in [3.8, 4) is 5.75 Å². The van der Waals surface area contributed by atoms with E-state index in [1.165, 1.54) is 12.1 Å². The molecule has 5 aromatic carbocycles. The molecule has 0 N–H and O–H groups in total. The minimum absolute atomic E-state index is 0.00442. The Morgan fingerprint density at radius 2 is 0.946 bits per heavy atom. The maximum absolute atomic E-state index is 13.7. The number of allylic oxidation sites excluding steroid dienone is 6. The van der Waals surface area contributed by atoms with E-state index in [2.05, 4.69) is 0 Å². The van der Waals surface area contributed by atoms with E-state index in [1.807, 2.05) is 25.1 Å². The van der Waals surface area contributed by atoms with Crippen molar-refractivity contribution in [2.45, 2.75) is 19.8 Å². The quantitative estimate of drug-likeness (QED) is 0.0883. The van der Waals surface area contributed by atoms with Gasteiger partial charge in [0.2, 0.25) is 11.6 Å². The number of rotatable bonds is 8. The fourth-order valence-corrected chi connectivity index (χ4v) is 7.31. The van der Waals surface area contributed by atoms with Gasteiger partial charge >= 0.3 is 11.9 Å². The van der Waals surface area contributed by atoms with E-state index in [9.17, 15) is 28.8 Å². The molecule has 0 fully saturated rings. The predicted octanol–water partition coefficient (Wildman–Crippen LogP) is 8.59. The second kappa shape index (κ2) is 14.8. The van der Waals surface area contributed by atoms with E-state index >= 15 is 0 Å². The molecule has 0 bridgehead atoms. The molecule has 3 aliphatic rings. The van der Waals surface area contributed by atoms with E-state index in [-0.39, 0.29) is 56.2 Å². The summed E-state index contributed by atoms with van der Waals surface area (Å²) in [5.74, 6) is -3.23. The number of hydrogen-bond donors (Lipinski definition) is 0. The van der Waals surface area contributed by atoms with Crippen molar-refractivity contribution in [1.29, 1.82) is 0 Å². The third-order valence-corrected chi connectivity index (χ3v) is 10.2. The highest BCUT2D eigenvalue weighted by Gasteiger charge is 2.39. The first-order valence-electron chi connectivity index (χ1n) is 18.1. The molecule has 5 aromatic rings. The van der Waals surface area contributed by atoms with Crippen molar-refractivity contribution >= 4 is 46.2 Å². The van der Waals surface area contributed by atoms with Crippen LogP contribution in [0.3, 0.4) is 0 Å². The number of ether oxygens (including phenoxy) is 2. The SMILES string of the molecule is CC1CC(OC(=O)C2=C(c3ccccc3)C(=O)c3ccccc3C2=O)=CC=C1Cc1ccc(OC(=O)C2=C(c3ccccc3)C(=O)c3ccccc3C2=O)cc1. The van der Waals surface area contributed by atoms with Crippen molar-refractivity contribution in [1.82, 2.24) is 0 Å². The van der Waals surface area contributed by atoms with Crippen LogP contribution in [0.15, 0.2) is 168 Å². The van der Waals surface area contributed by atoms with E-state index in [4.69, 9.17) is 9.47 Å². The lowest BCUT2D eigenvalue weighted by Gasteiger charge is -2.24. The summed E-state index contributed by atoms with van der Waals surface area (Å²) in [6.45, 7) is 2.00. The highest BCUT2D eigenvalue weighted by atomic mass is 16.5. The molecule has 1 unspecified atom stereocenters. The lowest BCUT2D eigenvalue weighted by Crippen LogP contribution is -2.28. The Morgan fingerprint density at radius 1 is 0.518 bits per heavy atom. The Labute approximate surface area is 322 Å². The first kappa shape index (κ1) is 35.7. The zero-order valence-electron chi connectivity index (χ0n) is 30.1. The number of fused-ring (bicyclic) bond motifs is 2. The van der Waals surface area contributed by atoms with Crippen LogP contribution in [0, 0.1) is 5.92 Å². The molecule has 0 aliphatic heterocycles. The number of carbonyl (C=O) groups is 6. The van der Waals surface area contributed by atoms with Gasteiger partial charge in [0.05, 0.1) is 0 Å². The summed E-state index contributed by atoms with van der Waals surface area (Å²) in [6.07, 6.45) is 4.51. The van der Waals surface area contributed by atoms with Gasteiger partial charge in [0.25, 0.3) is 0 Å². The molecule has 0 amide bonds. The fourth-order valence-electron chi connectivity index (χ4n) is 7.31. The number of esters is 2. The minimum atomic E-state index is -0.921. The zero-order valence-corrected chi connectivity index (χ0v) is 30.1. The number of carbonyl (C=O) groups excluding carboxylic acids is 6. The molecule has 0 saturated heterocycles. The van der Waals surface area contributed by atoms with Gasteiger partial charge in [0.15, 0.2) is 11.6 Å². The van der Waals surface area contributed by atoms with Gasteiger partial charge in [-0.2, -0.15) is 0 Å². The average molecular weight is 737 g/mol. The van der Waals surface area contributed by atoms with Gasteiger partial charge in [-0.05, 0) is 47.2 Å². The molecule has 8 rings (SSSR count). The summed E-state index contributed by atoms with van der Waals surface area (Å²) in [5, 5.41) is 0. The molecule has 56 heavy (non-hydrogen) atoms. The fraction of sp³-hybridized carbons (Fsp3) is 0.0833. The van der Waals surface area contributed by atoms with Crippen LogP contribution in [0.2, 0.25) is 0 Å². The molecule has 3 aliphatic carbocycles. The third kappa shape index (κ3) is 6.58. The van der Waals surface area contributed by atoms with Gasteiger partial charge in [0.1, 0.15) is 22.7 Å². The van der Waals surface area contributed by atoms with Gasteiger partial charge in [-0.3, -0.25) is 19.2 Å². The van der Waals surface area contributed by atoms with Crippen LogP contribution in [-0.2, 0) is 20.7 Å². The van der Waals surface area contributed by atoms with Crippen molar-refractivity contribution < 1.29 is 38.2 Å². The van der Waals surface area contributed by atoms with Crippen LogP contribution in [0.5, 0.6) is 5.75 Å². The highest BCUT2D eigenvalue weighted by molar-refractivity contribution is 6.47. The number of Topliss-reactive ketones (excluding diaryl/α,β-unsaturated/α-hetero) is 4. The molecule has 0 aromatic heterocycles. The van der Waals surface area contributed by atoms with Crippen LogP contribution in [0.25, 0.3) is 11.1 Å². The zero-order chi connectivity index (χ0) is 38.9. The monoisotopic (exact) mass is 736 g/mol. The van der Waals surface area contributed by atoms with Gasteiger partial charge in [0, 0.05) is 39.8 Å². The van der Waals surface area contributed by atoms with Crippen LogP contribution in [-0.4, -0.2) is 35.1 Å². The lowest BCUT2D eigenvalue weighted by molar-refractivity contribution is -0.135. The summed E-state index contributed by atoms with van der Waals surface area (Å²) in [7, 11) is 0. The van der Waals surface area contributed by atoms with Crippen molar-refractivity contribution in [2.24, 2.45) is 5.92 Å². The standard InChI is InChI=1S/C48H32O8/c1-28-26-34(56-48(54)42-40(31-14-6-3-7-15-31)44(50)36-17-9-11-19-38(36)46(42)52)25-22-32(28)27-29-20-23-33(24-21-29)55-47(53)41-39(30-12-4-2-5-13-30)43(49)35-16-8-10-18-37(35)45(41)51/h2-25,28H,26-27H2,1H3. The van der Waals surface area contributed by atoms with Crippen molar-refractivity contribution in [3.05, 3.63) is 207 Å². The van der Waals surface area contributed by atoms with Gasteiger partial charge < -0.3 is 9.47 Å². The predicted molar refractivity (Wildman–Crippen MR) is 209 cm³/mol. The van der Waals surface area contributed by atoms with Crippen LogP contribution in [0.4, 0.5) is 0 Å². The van der Waals surface area contributed by atoms with Gasteiger partial charge in [-0.15, -0.1) is 0 Å². The smallest absolute Gasteiger partial charge is 0.348 e. The Balaban J connectivity index is 0.988. The lowest BCUT2D eigenvalue weighted by atomic mass is 9.81. The second-order valence-electron chi connectivity index (χ2n) is 13.7. The molecule has 0 spiro atoms. The molecular formula is C48H32O8. The van der Waals surface area contributed by atoms with E-state index in [1.54, 1.807) is 115 Å². The summed E-state index contributed by atoms with van der Waals surface area (Å²) >= 11 is 0. The normalized spacial score (nSPS) is 16.5. The molecule has 0 saturated carbocycles. The molecular weight excluding hydrogens is 705 g/mol. The van der Waals surface area contributed by atoms with E-state index < -0.39 is 35.1 Å². The van der Waals surface area contributed by atoms with E-state index in [0.717, 1.165) is 11.1 Å².